The third-order valence-corrected chi connectivity index (χ3v) is 3.02. The van der Waals surface area contributed by atoms with Crippen LogP contribution in [0.4, 0.5) is 0 Å². The van der Waals surface area contributed by atoms with E-state index in [0.29, 0.717) is 13.0 Å². The molecule has 0 aromatic carbocycles. The van der Waals surface area contributed by atoms with Gasteiger partial charge in [0.05, 0.1) is 19.5 Å². The number of esters is 1. The second kappa shape index (κ2) is 5.17. The predicted molar refractivity (Wildman–Crippen MR) is 52.6 cm³/mol. The number of carbonyl (C=O) groups is 1. The molecular formula is C9H14O3S. The van der Waals surface area contributed by atoms with Gasteiger partial charge in [-0.3, -0.25) is 4.79 Å². The van der Waals surface area contributed by atoms with Crippen molar-refractivity contribution in [1.29, 1.82) is 0 Å². The molecule has 1 rings (SSSR count). The zero-order valence-electron chi connectivity index (χ0n) is 7.91. The van der Waals surface area contributed by atoms with Gasteiger partial charge in [0.25, 0.3) is 0 Å². The number of rotatable bonds is 3. The summed E-state index contributed by atoms with van der Waals surface area (Å²) in [4.78, 5) is 11.1. The van der Waals surface area contributed by atoms with Gasteiger partial charge in [-0.25, -0.2) is 0 Å². The minimum absolute atomic E-state index is 0.0470. The molecule has 1 aliphatic heterocycles. The normalized spacial score (nSPS) is 22.0. The fourth-order valence-electron chi connectivity index (χ4n) is 1.13. The summed E-state index contributed by atoms with van der Waals surface area (Å²) in [6, 6.07) is 0. The Morgan fingerprint density at radius 3 is 3.00 bits per heavy atom. The molecule has 0 aromatic heterocycles. The van der Waals surface area contributed by atoms with E-state index in [4.69, 9.17) is 4.74 Å². The van der Waals surface area contributed by atoms with Gasteiger partial charge in [0.2, 0.25) is 0 Å². The van der Waals surface area contributed by atoms with E-state index in [1.807, 2.05) is 13.0 Å². The molecule has 0 radical (unpaired) electrons. The number of thioether (sulfide) groups is 1. The maximum atomic E-state index is 11.1. The first-order valence-electron chi connectivity index (χ1n) is 4.29. The predicted octanol–water partition coefficient (Wildman–Crippen LogP) is 1.59. The summed E-state index contributed by atoms with van der Waals surface area (Å²) in [7, 11) is 1.42. The molecule has 1 unspecified atom stereocenters. The highest BCUT2D eigenvalue weighted by Gasteiger charge is 2.22. The van der Waals surface area contributed by atoms with Crippen molar-refractivity contribution in [2.24, 2.45) is 0 Å². The highest BCUT2D eigenvalue weighted by molar-refractivity contribution is 8.00. The van der Waals surface area contributed by atoms with E-state index < -0.39 is 0 Å². The molecule has 1 heterocycles. The standard InChI is InChI=1S/C9H14O3S/c1-3-12-7-4-5-8(13-6-7)9(10)11-2/h4,8H,3,5-6H2,1-2H3. The second-order valence-electron chi connectivity index (χ2n) is 2.66. The summed E-state index contributed by atoms with van der Waals surface area (Å²) < 4.78 is 9.99. The molecule has 1 atom stereocenters. The van der Waals surface area contributed by atoms with Crippen LogP contribution in [0.3, 0.4) is 0 Å². The number of hydrogen-bond acceptors (Lipinski definition) is 4. The van der Waals surface area contributed by atoms with E-state index in [0.717, 1.165) is 11.5 Å². The molecule has 1 aliphatic rings. The van der Waals surface area contributed by atoms with Gasteiger partial charge in [-0.2, -0.15) is 0 Å². The number of allylic oxidation sites excluding steroid dienone is 1. The Morgan fingerprint density at radius 1 is 1.77 bits per heavy atom. The Balaban J connectivity index is 2.41. The Morgan fingerprint density at radius 2 is 2.54 bits per heavy atom. The van der Waals surface area contributed by atoms with Crippen LogP contribution in [0.25, 0.3) is 0 Å². The number of carbonyl (C=O) groups excluding carboxylic acids is 1. The van der Waals surface area contributed by atoms with Gasteiger partial charge in [-0.05, 0) is 19.4 Å². The molecule has 0 aromatic rings. The zero-order valence-corrected chi connectivity index (χ0v) is 8.73. The first-order chi connectivity index (χ1) is 6.27. The van der Waals surface area contributed by atoms with Crippen molar-refractivity contribution < 1.29 is 14.3 Å². The Bertz CT molecular complexity index is 213. The average Bonchev–Trinajstić information content (AvgIpc) is 2.18. The Labute approximate surface area is 82.5 Å². The molecule has 0 aliphatic carbocycles. The van der Waals surface area contributed by atoms with E-state index >= 15 is 0 Å². The van der Waals surface area contributed by atoms with Crippen LogP contribution in [0.2, 0.25) is 0 Å². The highest BCUT2D eigenvalue weighted by Crippen LogP contribution is 2.25. The van der Waals surface area contributed by atoms with Crippen molar-refractivity contribution in [3.63, 3.8) is 0 Å². The van der Waals surface area contributed by atoms with Crippen LogP contribution in [0.1, 0.15) is 13.3 Å². The fourth-order valence-corrected chi connectivity index (χ4v) is 2.16. The van der Waals surface area contributed by atoms with Crippen LogP contribution in [-0.4, -0.2) is 30.7 Å². The van der Waals surface area contributed by atoms with Crippen LogP contribution in [0.5, 0.6) is 0 Å². The minimum atomic E-state index is -0.142. The maximum Gasteiger partial charge on any atom is 0.319 e. The van der Waals surface area contributed by atoms with Crippen molar-refractivity contribution in [2.75, 3.05) is 19.5 Å². The lowest BCUT2D eigenvalue weighted by atomic mass is 10.2. The third-order valence-electron chi connectivity index (χ3n) is 1.78. The molecule has 0 spiro atoms. The smallest absolute Gasteiger partial charge is 0.319 e. The van der Waals surface area contributed by atoms with Crippen molar-refractivity contribution in [3.8, 4) is 0 Å². The van der Waals surface area contributed by atoms with Crippen molar-refractivity contribution >= 4 is 17.7 Å². The summed E-state index contributed by atoms with van der Waals surface area (Å²) in [5.41, 5.74) is 0. The SMILES string of the molecule is CCOC1=CCC(C(=O)OC)SC1. The molecule has 0 N–H and O–H groups in total. The Hall–Kier alpha value is -0.640. The molecule has 0 saturated carbocycles. The van der Waals surface area contributed by atoms with Gasteiger partial charge in [0.1, 0.15) is 11.0 Å². The number of hydrogen-bond donors (Lipinski definition) is 0. The van der Waals surface area contributed by atoms with E-state index in [9.17, 15) is 4.79 Å². The van der Waals surface area contributed by atoms with Crippen LogP contribution in [0.15, 0.2) is 11.8 Å². The lowest BCUT2D eigenvalue weighted by Crippen LogP contribution is -2.21. The van der Waals surface area contributed by atoms with Crippen LogP contribution in [0, 0.1) is 0 Å². The number of ether oxygens (including phenoxy) is 2. The van der Waals surface area contributed by atoms with Gasteiger partial charge >= 0.3 is 5.97 Å². The van der Waals surface area contributed by atoms with Gasteiger partial charge in [-0.1, -0.05) is 0 Å². The van der Waals surface area contributed by atoms with Crippen molar-refractivity contribution in [1.82, 2.24) is 0 Å². The minimum Gasteiger partial charge on any atom is -0.498 e. The van der Waals surface area contributed by atoms with E-state index in [-0.39, 0.29) is 11.2 Å². The Kier molecular flexibility index (Phi) is 4.15. The third kappa shape index (κ3) is 2.95. The maximum absolute atomic E-state index is 11.1. The molecule has 0 bridgehead atoms. The van der Waals surface area contributed by atoms with Crippen LogP contribution < -0.4 is 0 Å². The first kappa shape index (κ1) is 10.4. The van der Waals surface area contributed by atoms with Gasteiger partial charge in [0, 0.05) is 0 Å². The molecule has 3 nitrogen and oxygen atoms in total. The lowest BCUT2D eigenvalue weighted by molar-refractivity contribution is -0.139. The molecule has 4 heteroatoms. The van der Waals surface area contributed by atoms with Crippen LogP contribution in [-0.2, 0) is 14.3 Å². The topological polar surface area (TPSA) is 35.5 Å². The molecular weight excluding hydrogens is 188 g/mol. The van der Waals surface area contributed by atoms with Gasteiger partial charge in [0.15, 0.2) is 0 Å². The molecule has 0 fully saturated rings. The summed E-state index contributed by atoms with van der Waals surface area (Å²) in [5.74, 6) is 1.61. The van der Waals surface area contributed by atoms with E-state index in [1.165, 1.54) is 7.11 Å². The zero-order chi connectivity index (χ0) is 9.68. The van der Waals surface area contributed by atoms with Gasteiger partial charge < -0.3 is 9.47 Å². The monoisotopic (exact) mass is 202 g/mol. The summed E-state index contributed by atoms with van der Waals surface area (Å²) in [6.07, 6.45) is 2.69. The van der Waals surface area contributed by atoms with E-state index in [2.05, 4.69) is 4.74 Å². The number of methoxy groups -OCH3 is 1. The van der Waals surface area contributed by atoms with Crippen molar-refractivity contribution in [3.05, 3.63) is 11.8 Å². The summed E-state index contributed by atoms with van der Waals surface area (Å²) in [5, 5.41) is -0.0470. The second-order valence-corrected chi connectivity index (χ2v) is 3.85. The van der Waals surface area contributed by atoms with Crippen LogP contribution >= 0.6 is 11.8 Å². The molecule has 74 valence electrons. The molecule has 0 amide bonds. The lowest BCUT2D eigenvalue weighted by Gasteiger charge is -2.19. The molecule has 0 saturated heterocycles. The highest BCUT2D eigenvalue weighted by atomic mass is 32.2. The quantitative estimate of drug-likeness (QED) is 0.651. The largest absolute Gasteiger partial charge is 0.498 e. The average molecular weight is 202 g/mol. The first-order valence-corrected chi connectivity index (χ1v) is 5.34. The molecule has 13 heavy (non-hydrogen) atoms. The summed E-state index contributed by atoms with van der Waals surface area (Å²) in [6.45, 7) is 2.65. The van der Waals surface area contributed by atoms with E-state index in [1.54, 1.807) is 11.8 Å². The van der Waals surface area contributed by atoms with Crippen molar-refractivity contribution in [2.45, 2.75) is 18.6 Å². The summed E-state index contributed by atoms with van der Waals surface area (Å²) >= 11 is 1.58. The van der Waals surface area contributed by atoms with Gasteiger partial charge in [-0.15, -0.1) is 11.8 Å². The fraction of sp³-hybridized carbons (Fsp3) is 0.667.